The molecule has 0 aromatic heterocycles. The van der Waals surface area contributed by atoms with Crippen molar-refractivity contribution in [2.75, 3.05) is 39.7 Å². The Labute approximate surface area is 167 Å². The molecule has 1 saturated heterocycles. The number of hydrogen-bond donors (Lipinski definition) is 0. The molecular formula is C20H26F3NO3S. The smallest absolute Gasteiger partial charge is 0.416 e. The van der Waals surface area contributed by atoms with Crippen LogP contribution in [0.15, 0.2) is 17.0 Å². The van der Waals surface area contributed by atoms with Gasteiger partial charge in [-0.15, -0.1) is 11.8 Å². The third-order valence-corrected chi connectivity index (χ3v) is 6.46. The first kappa shape index (κ1) is 21.5. The second kappa shape index (κ2) is 9.05. The first-order valence-electron chi connectivity index (χ1n) is 9.53. The molecule has 1 aromatic rings. The van der Waals surface area contributed by atoms with Gasteiger partial charge >= 0.3 is 6.18 Å². The van der Waals surface area contributed by atoms with Gasteiger partial charge in [-0.05, 0) is 37.1 Å². The lowest BCUT2D eigenvalue weighted by atomic mass is 9.92. The number of hydrogen-bond acceptors (Lipinski definition) is 5. The van der Waals surface area contributed by atoms with Gasteiger partial charge in [0.1, 0.15) is 5.75 Å². The lowest BCUT2D eigenvalue weighted by molar-refractivity contribution is -0.137. The van der Waals surface area contributed by atoms with E-state index in [0.29, 0.717) is 30.6 Å². The summed E-state index contributed by atoms with van der Waals surface area (Å²) in [6.45, 7) is 3.16. The molecule has 2 aliphatic rings. The van der Waals surface area contributed by atoms with Gasteiger partial charge in [0.05, 0.1) is 31.5 Å². The summed E-state index contributed by atoms with van der Waals surface area (Å²) in [5.74, 6) is 0.0810. The van der Waals surface area contributed by atoms with Gasteiger partial charge in [0.25, 0.3) is 0 Å². The highest BCUT2D eigenvalue weighted by Gasteiger charge is 2.37. The zero-order valence-corrected chi connectivity index (χ0v) is 17.0. The van der Waals surface area contributed by atoms with E-state index < -0.39 is 11.7 Å². The summed E-state index contributed by atoms with van der Waals surface area (Å²) in [5, 5.41) is 0. The Morgan fingerprint density at radius 3 is 2.61 bits per heavy atom. The van der Waals surface area contributed by atoms with Gasteiger partial charge < -0.3 is 9.47 Å². The topological polar surface area (TPSA) is 38.8 Å². The maximum atomic E-state index is 13.2. The molecule has 0 radical (unpaired) electrons. The molecule has 3 rings (SSSR count). The SMILES string of the molecule is COc1cc(C(F)(F)F)cc(SC)c1C(=O)C[C@@H]1CCC[C@@H]1N1CCOCC1. The zero-order valence-electron chi connectivity index (χ0n) is 16.2. The number of alkyl halides is 3. The van der Waals surface area contributed by atoms with Crippen molar-refractivity contribution in [1.29, 1.82) is 0 Å². The fourth-order valence-electron chi connectivity index (χ4n) is 4.34. The average Bonchev–Trinajstić information content (AvgIpc) is 3.14. The van der Waals surface area contributed by atoms with Gasteiger partial charge in [-0.3, -0.25) is 9.69 Å². The molecule has 156 valence electrons. The van der Waals surface area contributed by atoms with Crippen molar-refractivity contribution in [3.8, 4) is 5.75 Å². The molecule has 4 nitrogen and oxygen atoms in total. The van der Waals surface area contributed by atoms with E-state index >= 15 is 0 Å². The Bertz CT molecular complexity index is 679. The summed E-state index contributed by atoms with van der Waals surface area (Å²) in [6, 6.07) is 2.32. The van der Waals surface area contributed by atoms with Crippen LogP contribution in [-0.4, -0.2) is 56.4 Å². The van der Waals surface area contributed by atoms with Gasteiger partial charge in [-0.25, -0.2) is 0 Å². The van der Waals surface area contributed by atoms with E-state index in [1.54, 1.807) is 6.26 Å². The van der Waals surface area contributed by atoms with Crippen LogP contribution in [0.3, 0.4) is 0 Å². The Hall–Kier alpha value is -1.25. The molecule has 1 aliphatic heterocycles. The van der Waals surface area contributed by atoms with Crippen molar-refractivity contribution < 1.29 is 27.4 Å². The molecule has 1 saturated carbocycles. The predicted octanol–water partition coefficient (Wildman–Crippen LogP) is 4.51. The Kier molecular flexibility index (Phi) is 6.94. The normalized spacial score (nSPS) is 23.8. The lowest BCUT2D eigenvalue weighted by Gasteiger charge is -2.35. The number of ether oxygens (including phenoxy) is 2. The van der Waals surface area contributed by atoms with Crippen LogP contribution >= 0.6 is 11.8 Å². The first-order chi connectivity index (χ1) is 13.3. The maximum absolute atomic E-state index is 13.2. The number of Topliss-reactive ketones (excluding diaryl/α,β-unsaturated/α-hetero) is 1. The fraction of sp³-hybridized carbons (Fsp3) is 0.650. The van der Waals surface area contributed by atoms with E-state index in [0.717, 1.165) is 56.2 Å². The van der Waals surface area contributed by atoms with E-state index in [-0.39, 0.29) is 23.0 Å². The molecule has 0 amide bonds. The molecular weight excluding hydrogens is 391 g/mol. The molecule has 1 aliphatic carbocycles. The van der Waals surface area contributed by atoms with E-state index in [1.807, 2.05) is 0 Å². The number of nitrogens with zero attached hydrogens (tertiary/aromatic N) is 1. The number of benzene rings is 1. The molecule has 1 aromatic carbocycles. The fourth-order valence-corrected chi connectivity index (χ4v) is 5.00. The van der Waals surface area contributed by atoms with Crippen molar-refractivity contribution in [2.24, 2.45) is 5.92 Å². The van der Waals surface area contributed by atoms with Crippen LogP contribution in [0.25, 0.3) is 0 Å². The molecule has 2 fully saturated rings. The number of thioether (sulfide) groups is 1. The Morgan fingerprint density at radius 2 is 2.00 bits per heavy atom. The number of carbonyl (C=O) groups is 1. The highest BCUT2D eigenvalue weighted by Crippen LogP contribution is 2.40. The van der Waals surface area contributed by atoms with Crippen LogP contribution in [-0.2, 0) is 10.9 Å². The van der Waals surface area contributed by atoms with Gasteiger partial charge in [-0.1, -0.05) is 6.42 Å². The molecule has 0 bridgehead atoms. The second-order valence-corrected chi connectivity index (χ2v) is 8.14. The number of halogens is 3. The monoisotopic (exact) mass is 417 g/mol. The number of rotatable bonds is 6. The van der Waals surface area contributed by atoms with Crippen molar-refractivity contribution in [2.45, 2.75) is 42.8 Å². The van der Waals surface area contributed by atoms with E-state index in [9.17, 15) is 18.0 Å². The van der Waals surface area contributed by atoms with Crippen LogP contribution in [0.5, 0.6) is 5.75 Å². The van der Waals surface area contributed by atoms with Crippen LogP contribution in [0.1, 0.15) is 41.6 Å². The third-order valence-electron chi connectivity index (χ3n) is 5.69. The number of ketones is 1. The van der Waals surface area contributed by atoms with Crippen molar-refractivity contribution in [3.63, 3.8) is 0 Å². The molecule has 2 atom stereocenters. The van der Waals surface area contributed by atoms with Gasteiger partial charge in [0, 0.05) is 30.4 Å². The highest BCUT2D eigenvalue weighted by atomic mass is 32.2. The van der Waals surface area contributed by atoms with Crippen LogP contribution in [0.4, 0.5) is 13.2 Å². The summed E-state index contributed by atoms with van der Waals surface area (Å²) in [6.07, 6.45) is 0.615. The Morgan fingerprint density at radius 1 is 1.29 bits per heavy atom. The van der Waals surface area contributed by atoms with Crippen molar-refractivity contribution >= 4 is 17.5 Å². The summed E-state index contributed by atoms with van der Waals surface area (Å²) in [5.41, 5.74) is -0.520. The van der Waals surface area contributed by atoms with Crippen LogP contribution in [0, 0.1) is 5.92 Å². The van der Waals surface area contributed by atoms with Gasteiger partial charge in [-0.2, -0.15) is 13.2 Å². The second-order valence-electron chi connectivity index (χ2n) is 7.29. The molecule has 0 spiro atoms. The van der Waals surface area contributed by atoms with E-state index in [2.05, 4.69) is 4.90 Å². The first-order valence-corrected chi connectivity index (χ1v) is 10.8. The quantitative estimate of drug-likeness (QED) is 0.503. The van der Waals surface area contributed by atoms with E-state index in [1.165, 1.54) is 7.11 Å². The van der Waals surface area contributed by atoms with Crippen LogP contribution < -0.4 is 4.74 Å². The highest BCUT2D eigenvalue weighted by molar-refractivity contribution is 7.98. The molecule has 8 heteroatoms. The minimum Gasteiger partial charge on any atom is -0.496 e. The number of methoxy groups -OCH3 is 1. The molecule has 0 unspecified atom stereocenters. The van der Waals surface area contributed by atoms with E-state index in [4.69, 9.17) is 9.47 Å². The zero-order chi connectivity index (χ0) is 20.3. The largest absolute Gasteiger partial charge is 0.496 e. The van der Waals surface area contributed by atoms with Gasteiger partial charge in [0.15, 0.2) is 5.78 Å². The standard InChI is InChI=1S/C20H26F3NO3S/c1-26-17-11-14(20(21,22)23)12-18(28-2)19(17)16(25)10-13-4-3-5-15(13)24-6-8-27-9-7-24/h11-13,15H,3-10H2,1-2H3/t13-,15-/m0/s1. The van der Waals surface area contributed by atoms with Crippen LogP contribution in [0.2, 0.25) is 0 Å². The summed E-state index contributed by atoms with van der Waals surface area (Å²) < 4.78 is 50.1. The number of carbonyl (C=O) groups excluding carboxylic acids is 1. The lowest BCUT2D eigenvalue weighted by Crippen LogP contribution is -2.45. The van der Waals surface area contributed by atoms with Crippen molar-refractivity contribution in [3.05, 3.63) is 23.3 Å². The maximum Gasteiger partial charge on any atom is 0.416 e. The number of morpholine rings is 1. The minimum absolute atomic E-state index is 0.00472. The minimum atomic E-state index is -4.48. The molecule has 0 N–H and O–H groups in total. The average molecular weight is 417 g/mol. The Balaban J connectivity index is 1.83. The molecule has 1 heterocycles. The predicted molar refractivity (Wildman–Crippen MR) is 102 cm³/mol. The summed E-state index contributed by atoms with van der Waals surface area (Å²) in [7, 11) is 1.31. The summed E-state index contributed by atoms with van der Waals surface area (Å²) in [4.78, 5) is 15.8. The third kappa shape index (κ3) is 4.66. The summed E-state index contributed by atoms with van der Waals surface area (Å²) >= 11 is 1.14. The molecule has 28 heavy (non-hydrogen) atoms. The van der Waals surface area contributed by atoms with Gasteiger partial charge in [0.2, 0.25) is 0 Å². The van der Waals surface area contributed by atoms with Crippen molar-refractivity contribution in [1.82, 2.24) is 4.90 Å².